The highest BCUT2D eigenvalue weighted by Crippen LogP contribution is 2.24. The Kier molecular flexibility index (Phi) is 3.89. The van der Waals surface area contributed by atoms with Gasteiger partial charge in [-0.2, -0.15) is 0 Å². The van der Waals surface area contributed by atoms with Crippen LogP contribution < -0.4 is 5.73 Å². The smallest absolute Gasteiger partial charge is 0.126 e. The summed E-state index contributed by atoms with van der Waals surface area (Å²) in [7, 11) is 0. The SMILES string of the molecule is Cc1c(F)ccc(O)c1CCCCN. The number of halogens is 1. The average Bonchev–Trinajstić information content (AvgIpc) is 2.18. The average molecular weight is 197 g/mol. The molecule has 0 aliphatic carbocycles. The maximum Gasteiger partial charge on any atom is 0.126 e. The molecule has 0 aliphatic rings. The Labute approximate surface area is 83.6 Å². The molecule has 0 bridgehead atoms. The molecule has 2 nitrogen and oxygen atoms in total. The molecule has 0 radical (unpaired) electrons. The van der Waals surface area contributed by atoms with Crippen LogP contribution in [0.15, 0.2) is 12.1 Å². The first-order valence-corrected chi connectivity index (χ1v) is 4.84. The first-order valence-electron chi connectivity index (χ1n) is 4.84. The summed E-state index contributed by atoms with van der Waals surface area (Å²) in [6.45, 7) is 2.32. The fourth-order valence-electron chi connectivity index (χ4n) is 1.48. The zero-order valence-electron chi connectivity index (χ0n) is 8.39. The standard InChI is InChI=1S/C11H16FNO/c1-8-9(4-2-3-7-13)11(14)6-5-10(8)12/h5-6,14H,2-4,7,13H2,1H3. The molecule has 0 unspecified atom stereocenters. The molecule has 0 aliphatic heterocycles. The zero-order valence-corrected chi connectivity index (χ0v) is 8.39. The number of rotatable bonds is 4. The fraction of sp³-hybridized carbons (Fsp3) is 0.455. The number of phenols is 1. The normalized spacial score (nSPS) is 10.5. The van der Waals surface area contributed by atoms with Gasteiger partial charge in [-0.1, -0.05) is 0 Å². The van der Waals surface area contributed by atoms with Crippen LogP contribution in [0.1, 0.15) is 24.0 Å². The van der Waals surface area contributed by atoms with Crippen molar-refractivity contribution < 1.29 is 9.50 Å². The number of hydrogen-bond donors (Lipinski definition) is 2. The Morgan fingerprint density at radius 1 is 1.36 bits per heavy atom. The molecule has 0 atom stereocenters. The van der Waals surface area contributed by atoms with Gasteiger partial charge in [0, 0.05) is 0 Å². The van der Waals surface area contributed by atoms with Crippen LogP contribution in [0.2, 0.25) is 0 Å². The fourth-order valence-corrected chi connectivity index (χ4v) is 1.48. The van der Waals surface area contributed by atoms with Gasteiger partial charge in [0.05, 0.1) is 0 Å². The van der Waals surface area contributed by atoms with Crippen LogP contribution in [0.5, 0.6) is 5.75 Å². The van der Waals surface area contributed by atoms with Gasteiger partial charge in [0.2, 0.25) is 0 Å². The lowest BCUT2D eigenvalue weighted by atomic mass is 10.0. The maximum atomic E-state index is 13.1. The van der Waals surface area contributed by atoms with Crippen molar-refractivity contribution in [3.63, 3.8) is 0 Å². The number of hydrogen-bond acceptors (Lipinski definition) is 2. The van der Waals surface area contributed by atoms with E-state index in [0.29, 0.717) is 24.1 Å². The zero-order chi connectivity index (χ0) is 10.6. The van der Waals surface area contributed by atoms with Crippen LogP contribution in [-0.4, -0.2) is 11.7 Å². The second-order valence-electron chi connectivity index (χ2n) is 3.42. The topological polar surface area (TPSA) is 46.2 Å². The number of benzene rings is 1. The third kappa shape index (κ3) is 2.45. The summed E-state index contributed by atoms with van der Waals surface area (Å²) >= 11 is 0. The molecular formula is C11H16FNO. The Morgan fingerprint density at radius 2 is 2.07 bits per heavy atom. The molecule has 0 aromatic heterocycles. The molecule has 0 amide bonds. The molecule has 0 heterocycles. The largest absolute Gasteiger partial charge is 0.508 e. The van der Waals surface area contributed by atoms with E-state index in [2.05, 4.69) is 0 Å². The van der Waals surface area contributed by atoms with E-state index in [-0.39, 0.29) is 11.6 Å². The van der Waals surface area contributed by atoms with Gasteiger partial charge in [-0.15, -0.1) is 0 Å². The second-order valence-corrected chi connectivity index (χ2v) is 3.42. The summed E-state index contributed by atoms with van der Waals surface area (Å²) in [6, 6.07) is 2.69. The molecule has 1 aromatic carbocycles. The van der Waals surface area contributed by atoms with Gasteiger partial charge >= 0.3 is 0 Å². The summed E-state index contributed by atoms with van der Waals surface area (Å²) < 4.78 is 13.1. The van der Waals surface area contributed by atoms with Gasteiger partial charge in [-0.05, 0) is 56.0 Å². The Morgan fingerprint density at radius 3 is 2.71 bits per heavy atom. The van der Waals surface area contributed by atoms with E-state index in [1.807, 2.05) is 0 Å². The Hall–Kier alpha value is -1.09. The van der Waals surface area contributed by atoms with E-state index in [1.165, 1.54) is 12.1 Å². The number of unbranched alkanes of at least 4 members (excludes halogenated alkanes) is 1. The lowest BCUT2D eigenvalue weighted by Crippen LogP contribution is -2.00. The van der Waals surface area contributed by atoms with Crippen molar-refractivity contribution in [2.24, 2.45) is 5.73 Å². The summed E-state index contributed by atoms with van der Waals surface area (Å²) in [6.07, 6.45) is 2.47. The van der Waals surface area contributed by atoms with Crippen LogP contribution >= 0.6 is 0 Å². The highest BCUT2D eigenvalue weighted by atomic mass is 19.1. The number of aromatic hydroxyl groups is 1. The lowest BCUT2D eigenvalue weighted by Gasteiger charge is -2.08. The van der Waals surface area contributed by atoms with E-state index in [9.17, 15) is 9.50 Å². The van der Waals surface area contributed by atoms with Crippen molar-refractivity contribution in [2.45, 2.75) is 26.2 Å². The van der Waals surface area contributed by atoms with Gasteiger partial charge in [-0.25, -0.2) is 4.39 Å². The third-order valence-corrected chi connectivity index (χ3v) is 2.39. The molecule has 78 valence electrons. The molecular weight excluding hydrogens is 181 g/mol. The Bertz CT molecular complexity index is 312. The van der Waals surface area contributed by atoms with E-state index in [4.69, 9.17) is 5.73 Å². The van der Waals surface area contributed by atoms with Gasteiger partial charge in [0.15, 0.2) is 0 Å². The summed E-state index contributed by atoms with van der Waals surface area (Å²) in [5, 5.41) is 9.52. The van der Waals surface area contributed by atoms with E-state index in [1.54, 1.807) is 6.92 Å². The van der Waals surface area contributed by atoms with Crippen LogP contribution in [0, 0.1) is 12.7 Å². The minimum atomic E-state index is -0.259. The number of nitrogens with two attached hydrogens (primary N) is 1. The quantitative estimate of drug-likeness (QED) is 0.726. The summed E-state index contributed by atoms with van der Waals surface area (Å²) in [5.74, 6) is -0.0773. The van der Waals surface area contributed by atoms with Gasteiger partial charge in [0.1, 0.15) is 11.6 Å². The monoisotopic (exact) mass is 197 g/mol. The molecule has 14 heavy (non-hydrogen) atoms. The van der Waals surface area contributed by atoms with E-state index >= 15 is 0 Å². The van der Waals surface area contributed by atoms with Crippen molar-refractivity contribution >= 4 is 0 Å². The van der Waals surface area contributed by atoms with Gasteiger partial charge in [-0.3, -0.25) is 0 Å². The predicted molar refractivity (Wildman–Crippen MR) is 54.8 cm³/mol. The molecule has 1 rings (SSSR count). The van der Waals surface area contributed by atoms with Gasteiger partial charge < -0.3 is 10.8 Å². The van der Waals surface area contributed by atoms with E-state index in [0.717, 1.165) is 12.8 Å². The summed E-state index contributed by atoms with van der Waals surface area (Å²) in [4.78, 5) is 0. The van der Waals surface area contributed by atoms with Crippen molar-refractivity contribution in [1.82, 2.24) is 0 Å². The number of phenolic OH excluding ortho intramolecular Hbond substituents is 1. The molecule has 3 heteroatoms. The highest BCUT2D eigenvalue weighted by Gasteiger charge is 2.08. The first kappa shape index (κ1) is 11.0. The van der Waals surface area contributed by atoms with E-state index < -0.39 is 0 Å². The molecule has 1 aromatic rings. The maximum absolute atomic E-state index is 13.1. The van der Waals surface area contributed by atoms with Crippen molar-refractivity contribution in [2.75, 3.05) is 6.54 Å². The third-order valence-electron chi connectivity index (χ3n) is 2.39. The molecule has 0 fully saturated rings. The molecule has 3 N–H and O–H groups in total. The van der Waals surface area contributed by atoms with Crippen molar-refractivity contribution in [1.29, 1.82) is 0 Å². The predicted octanol–water partition coefficient (Wildman–Crippen LogP) is 2.12. The molecule has 0 spiro atoms. The van der Waals surface area contributed by atoms with Crippen LogP contribution in [0.4, 0.5) is 4.39 Å². The minimum Gasteiger partial charge on any atom is -0.508 e. The van der Waals surface area contributed by atoms with Crippen LogP contribution in [0.25, 0.3) is 0 Å². The van der Waals surface area contributed by atoms with Crippen molar-refractivity contribution in [3.05, 3.63) is 29.1 Å². The second kappa shape index (κ2) is 4.96. The Balaban J connectivity index is 2.79. The molecule has 0 saturated carbocycles. The van der Waals surface area contributed by atoms with Gasteiger partial charge in [0.25, 0.3) is 0 Å². The molecule has 0 saturated heterocycles. The lowest BCUT2D eigenvalue weighted by molar-refractivity contribution is 0.462. The van der Waals surface area contributed by atoms with Crippen LogP contribution in [0.3, 0.4) is 0 Å². The first-order chi connectivity index (χ1) is 6.66. The highest BCUT2D eigenvalue weighted by molar-refractivity contribution is 5.39. The minimum absolute atomic E-state index is 0.181. The van der Waals surface area contributed by atoms with Crippen LogP contribution in [-0.2, 0) is 6.42 Å². The van der Waals surface area contributed by atoms with Crippen molar-refractivity contribution in [3.8, 4) is 5.75 Å². The summed E-state index contributed by atoms with van der Waals surface area (Å²) in [5.41, 5.74) is 6.61.